The lowest BCUT2D eigenvalue weighted by Crippen LogP contribution is -1.99. The molecule has 0 atom stereocenters. The van der Waals surface area contributed by atoms with Crippen molar-refractivity contribution in [1.82, 2.24) is 4.98 Å². The SMILES string of the molecule is O=[N+]([O-])c1cc(C(F)F)c(Cl)c(F)n1. The van der Waals surface area contributed by atoms with Gasteiger partial charge in [-0.25, -0.2) is 8.78 Å². The highest BCUT2D eigenvalue weighted by Crippen LogP contribution is 2.30. The number of nitro groups is 1. The molecular formula is C6H2ClF3N2O2. The van der Waals surface area contributed by atoms with Crippen molar-refractivity contribution in [2.75, 3.05) is 0 Å². The third-order valence-corrected chi connectivity index (χ3v) is 1.73. The molecule has 0 bridgehead atoms. The Morgan fingerprint density at radius 1 is 1.57 bits per heavy atom. The molecule has 0 unspecified atom stereocenters. The first-order valence-electron chi connectivity index (χ1n) is 3.22. The van der Waals surface area contributed by atoms with Gasteiger partial charge in [0.25, 0.3) is 6.43 Å². The van der Waals surface area contributed by atoms with Gasteiger partial charge < -0.3 is 10.1 Å². The van der Waals surface area contributed by atoms with Gasteiger partial charge in [-0.2, -0.15) is 4.39 Å². The third-order valence-electron chi connectivity index (χ3n) is 1.35. The largest absolute Gasteiger partial charge is 0.367 e. The van der Waals surface area contributed by atoms with E-state index in [9.17, 15) is 23.3 Å². The van der Waals surface area contributed by atoms with Crippen LogP contribution in [0.15, 0.2) is 6.07 Å². The average molecular weight is 227 g/mol. The van der Waals surface area contributed by atoms with Crippen molar-refractivity contribution in [2.45, 2.75) is 6.43 Å². The molecule has 1 heterocycles. The number of halogens is 4. The van der Waals surface area contributed by atoms with Gasteiger partial charge in [0.2, 0.25) is 0 Å². The van der Waals surface area contributed by atoms with Gasteiger partial charge >= 0.3 is 11.8 Å². The molecule has 0 amide bonds. The molecule has 0 aliphatic heterocycles. The Hall–Kier alpha value is -1.37. The van der Waals surface area contributed by atoms with Gasteiger partial charge in [0.1, 0.15) is 5.02 Å². The standard InChI is InChI=1S/C6H2ClF3N2O2/c7-4-2(5(8)9)1-3(12(13)14)11-6(4)10/h1,5H. The lowest BCUT2D eigenvalue weighted by molar-refractivity contribution is -0.390. The molecule has 0 spiro atoms. The predicted molar refractivity (Wildman–Crippen MR) is 40.8 cm³/mol. The summed E-state index contributed by atoms with van der Waals surface area (Å²) in [6.07, 6.45) is -3.08. The Morgan fingerprint density at radius 3 is 2.57 bits per heavy atom. The highest BCUT2D eigenvalue weighted by molar-refractivity contribution is 6.31. The predicted octanol–water partition coefficient (Wildman–Crippen LogP) is 2.72. The van der Waals surface area contributed by atoms with Gasteiger partial charge in [-0.15, -0.1) is 0 Å². The molecule has 8 heteroatoms. The Morgan fingerprint density at radius 2 is 2.14 bits per heavy atom. The zero-order valence-corrected chi connectivity index (χ0v) is 7.13. The molecule has 0 fully saturated rings. The summed E-state index contributed by atoms with van der Waals surface area (Å²) < 4.78 is 37.0. The van der Waals surface area contributed by atoms with E-state index in [1.54, 1.807) is 0 Å². The second-order valence-electron chi connectivity index (χ2n) is 2.23. The summed E-state index contributed by atoms with van der Waals surface area (Å²) in [5.74, 6) is -2.47. The fourth-order valence-corrected chi connectivity index (χ4v) is 0.935. The smallest absolute Gasteiger partial charge is 0.358 e. The average Bonchev–Trinajstić information content (AvgIpc) is 2.08. The van der Waals surface area contributed by atoms with Gasteiger partial charge in [-0.05, 0) is 9.91 Å². The first kappa shape index (κ1) is 10.7. The third kappa shape index (κ3) is 1.92. The maximum absolute atomic E-state index is 12.7. The minimum Gasteiger partial charge on any atom is -0.358 e. The quantitative estimate of drug-likeness (QED) is 0.443. The molecule has 0 saturated carbocycles. The molecule has 76 valence electrons. The van der Waals surface area contributed by atoms with Crippen molar-refractivity contribution in [3.8, 4) is 0 Å². The lowest BCUT2D eigenvalue weighted by atomic mass is 10.2. The Balaban J connectivity index is 3.35. The van der Waals surface area contributed by atoms with E-state index in [0.717, 1.165) is 0 Å². The van der Waals surface area contributed by atoms with E-state index in [1.807, 2.05) is 0 Å². The van der Waals surface area contributed by atoms with Crippen molar-refractivity contribution in [2.24, 2.45) is 0 Å². The minimum absolute atomic E-state index is 0.441. The van der Waals surface area contributed by atoms with Crippen molar-refractivity contribution < 1.29 is 18.1 Å². The lowest BCUT2D eigenvalue weighted by Gasteiger charge is -2.01. The molecule has 4 nitrogen and oxygen atoms in total. The molecule has 0 aliphatic rings. The Bertz CT molecular complexity index is 386. The van der Waals surface area contributed by atoms with Gasteiger partial charge in [0.05, 0.1) is 5.56 Å². The van der Waals surface area contributed by atoms with Crippen LogP contribution < -0.4 is 0 Å². The number of hydrogen-bond acceptors (Lipinski definition) is 3. The van der Waals surface area contributed by atoms with E-state index >= 15 is 0 Å². The van der Waals surface area contributed by atoms with E-state index < -0.39 is 33.7 Å². The maximum atomic E-state index is 12.7. The Labute approximate surface area is 80.5 Å². The van der Waals surface area contributed by atoms with Crippen molar-refractivity contribution in [3.63, 3.8) is 0 Å². The molecule has 1 rings (SSSR count). The normalized spacial score (nSPS) is 10.6. The molecule has 14 heavy (non-hydrogen) atoms. The summed E-state index contributed by atoms with van der Waals surface area (Å²) >= 11 is 5.12. The summed E-state index contributed by atoms with van der Waals surface area (Å²) in [4.78, 5) is 11.8. The van der Waals surface area contributed by atoms with Crippen molar-refractivity contribution in [3.05, 3.63) is 32.7 Å². The van der Waals surface area contributed by atoms with Gasteiger partial charge in [-0.3, -0.25) is 0 Å². The number of aromatic nitrogens is 1. The summed E-state index contributed by atoms with van der Waals surface area (Å²) in [5.41, 5.74) is -0.939. The zero-order chi connectivity index (χ0) is 10.9. The van der Waals surface area contributed by atoms with Crippen molar-refractivity contribution >= 4 is 17.4 Å². The van der Waals surface area contributed by atoms with Crippen LogP contribution in [-0.2, 0) is 0 Å². The fraction of sp³-hybridized carbons (Fsp3) is 0.167. The zero-order valence-electron chi connectivity index (χ0n) is 6.38. The Kier molecular flexibility index (Phi) is 2.90. The van der Waals surface area contributed by atoms with E-state index in [0.29, 0.717) is 6.07 Å². The number of pyridine rings is 1. The van der Waals surface area contributed by atoms with Crippen LogP contribution in [0.4, 0.5) is 19.0 Å². The first-order chi connectivity index (χ1) is 6.43. The molecule has 1 aromatic rings. The summed E-state index contributed by atoms with van der Waals surface area (Å²) in [6.45, 7) is 0. The van der Waals surface area contributed by atoms with Crippen LogP contribution in [0.2, 0.25) is 5.02 Å². The molecule has 0 N–H and O–H groups in total. The van der Waals surface area contributed by atoms with E-state index in [-0.39, 0.29) is 0 Å². The minimum atomic E-state index is -3.08. The molecule has 0 aliphatic carbocycles. The number of nitrogens with zero attached hydrogens (tertiary/aromatic N) is 2. The van der Waals surface area contributed by atoms with Crippen LogP contribution in [0, 0.1) is 16.1 Å². The fourth-order valence-electron chi connectivity index (χ4n) is 0.756. The molecule has 0 aromatic carbocycles. The number of alkyl halides is 2. The van der Waals surface area contributed by atoms with Crippen LogP contribution in [-0.4, -0.2) is 9.91 Å². The molecule has 0 saturated heterocycles. The maximum Gasteiger partial charge on any atom is 0.367 e. The second-order valence-corrected chi connectivity index (χ2v) is 2.61. The van der Waals surface area contributed by atoms with Gasteiger partial charge in [0.15, 0.2) is 0 Å². The first-order valence-corrected chi connectivity index (χ1v) is 3.59. The van der Waals surface area contributed by atoms with Crippen LogP contribution in [0.25, 0.3) is 0 Å². The summed E-state index contributed by atoms with van der Waals surface area (Å²) in [6, 6.07) is 0.441. The van der Waals surface area contributed by atoms with E-state index in [4.69, 9.17) is 11.6 Å². The van der Waals surface area contributed by atoms with Crippen LogP contribution in [0.3, 0.4) is 0 Å². The van der Waals surface area contributed by atoms with E-state index in [1.165, 1.54) is 0 Å². The van der Waals surface area contributed by atoms with Gasteiger partial charge in [0, 0.05) is 6.07 Å². The summed E-state index contributed by atoms with van der Waals surface area (Å²) in [5, 5.41) is 9.23. The van der Waals surface area contributed by atoms with Crippen LogP contribution in [0.5, 0.6) is 0 Å². The van der Waals surface area contributed by atoms with Crippen LogP contribution in [0.1, 0.15) is 12.0 Å². The topological polar surface area (TPSA) is 56.0 Å². The van der Waals surface area contributed by atoms with Crippen LogP contribution >= 0.6 is 11.6 Å². The molecule has 1 aromatic heterocycles. The number of rotatable bonds is 2. The monoisotopic (exact) mass is 226 g/mol. The van der Waals surface area contributed by atoms with E-state index in [2.05, 4.69) is 4.98 Å². The van der Waals surface area contributed by atoms with Crippen molar-refractivity contribution in [1.29, 1.82) is 0 Å². The van der Waals surface area contributed by atoms with Gasteiger partial charge in [-0.1, -0.05) is 11.6 Å². The highest BCUT2D eigenvalue weighted by atomic mass is 35.5. The molecular weight excluding hydrogens is 225 g/mol. The highest BCUT2D eigenvalue weighted by Gasteiger charge is 2.24. The second kappa shape index (κ2) is 3.79. The summed E-state index contributed by atoms with van der Waals surface area (Å²) in [7, 11) is 0. The molecule has 0 radical (unpaired) electrons. The number of hydrogen-bond donors (Lipinski definition) is 0.